The van der Waals surface area contributed by atoms with E-state index in [9.17, 15) is 0 Å². The van der Waals surface area contributed by atoms with Gasteiger partial charge in [0.25, 0.3) is 0 Å². The van der Waals surface area contributed by atoms with Gasteiger partial charge in [0, 0.05) is 33.3 Å². The summed E-state index contributed by atoms with van der Waals surface area (Å²) in [4.78, 5) is 12.6. The molecular formula is C38H48N4S3. The number of aromatic nitrogens is 4. The van der Waals surface area contributed by atoms with Gasteiger partial charge in [-0.15, -0.1) is 22.7 Å². The summed E-state index contributed by atoms with van der Waals surface area (Å²) in [6, 6.07) is 5.03. The molecule has 0 spiro atoms. The van der Waals surface area contributed by atoms with Gasteiger partial charge in [-0.2, -0.15) is 8.75 Å². The summed E-state index contributed by atoms with van der Waals surface area (Å²) in [5.74, 6) is 0. The van der Waals surface area contributed by atoms with Crippen LogP contribution in [0.5, 0.6) is 0 Å². The summed E-state index contributed by atoms with van der Waals surface area (Å²) in [6.07, 6.45) is 16.2. The van der Waals surface area contributed by atoms with Gasteiger partial charge in [-0.05, 0) is 70.5 Å². The van der Waals surface area contributed by atoms with Crippen LogP contribution in [0.3, 0.4) is 0 Å². The van der Waals surface area contributed by atoms with Crippen molar-refractivity contribution >= 4 is 76.6 Å². The molecule has 45 heavy (non-hydrogen) atoms. The number of aryl methyl sites for hydroxylation is 2. The van der Waals surface area contributed by atoms with Crippen molar-refractivity contribution in [1.29, 1.82) is 0 Å². The van der Waals surface area contributed by atoms with E-state index in [-0.39, 0.29) is 10.8 Å². The SMILES string of the molecule is CCCCCCc1c(CCCCCC)c2cc(C(C)(C)C)sc2c2sc(-c3c4nccnc4c(C(C)(C)C)c4nsnc34)cc12. The van der Waals surface area contributed by atoms with E-state index in [2.05, 4.69) is 67.5 Å². The van der Waals surface area contributed by atoms with Crippen molar-refractivity contribution in [3.05, 3.63) is 46.1 Å². The van der Waals surface area contributed by atoms with Crippen LogP contribution in [0.2, 0.25) is 0 Å². The number of benzene rings is 2. The van der Waals surface area contributed by atoms with Gasteiger partial charge in [0.05, 0.1) is 32.2 Å². The number of thiophene rings is 2. The average Bonchev–Trinajstić information content (AvgIpc) is 3.74. The molecule has 0 aliphatic heterocycles. The third-order valence-corrected chi connectivity index (χ3v) is 12.5. The number of rotatable bonds is 11. The third kappa shape index (κ3) is 6.17. The molecule has 238 valence electrons. The quantitative estimate of drug-likeness (QED) is 0.130. The normalized spacial score (nSPS) is 12.9. The van der Waals surface area contributed by atoms with Gasteiger partial charge < -0.3 is 0 Å². The van der Waals surface area contributed by atoms with Crippen LogP contribution in [-0.2, 0) is 23.7 Å². The number of hydrogen-bond donors (Lipinski definition) is 0. The highest BCUT2D eigenvalue weighted by Crippen LogP contribution is 2.50. The smallest absolute Gasteiger partial charge is 0.116 e. The minimum absolute atomic E-state index is 0.115. The van der Waals surface area contributed by atoms with Crippen LogP contribution in [0.25, 0.3) is 52.7 Å². The van der Waals surface area contributed by atoms with Crippen LogP contribution >= 0.6 is 34.4 Å². The molecule has 4 heterocycles. The molecule has 0 unspecified atom stereocenters. The molecule has 0 aliphatic carbocycles. The van der Waals surface area contributed by atoms with Crippen molar-refractivity contribution in [2.24, 2.45) is 0 Å². The first-order valence-electron chi connectivity index (χ1n) is 17.0. The van der Waals surface area contributed by atoms with Crippen LogP contribution < -0.4 is 0 Å². The second kappa shape index (κ2) is 13.0. The fourth-order valence-corrected chi connectivity index (χ4v) is 10.00. The summed E-state index contributed by atoms with van der Waals surface area (Å²) in [6.45, 7) is 18.4. The maximum atomic E-state index is 4.98. The molecular weight excluding hydrogens is 609 g/mol. The second-order valence-corrected chi connectivity index (χ2v) is 17.4. The Bertz CT molecular complexity index is 1960. The van der Waals surface area contributed by atoms with Crippen molar-refractivity contribution in [3.8, 4) is 10.4 Å². The summed E-state index contributed by atoms with van der Waals surface area (Å²) >= 11 is 5.24. The molecule has 4 nitrogen and oxygen atoms in total. The molecule has 6 rings (SSSR count). The summed E-state index contributed by atoms with van der Waals surface area (Å²) in [5, 5.41) is 2.95. The van der Waals surface area contributed by atoms with Gasteiger partial charge in [0.1, 0.15) is 11.0 Å². The Labute approximate surface area is 281 Å². The Balaban J connectivity index is 1.66. The average molecular weight is 657 g/mol. The number of hydrogen-bond acceptors (Lipinski definition) is 7. The first-order valence-corrected chi connectivity index (χ1v) is 19.3. The van der Waals surface area contributed by atoms with Crippen molar-refractivity contribution < 1.29 is 0 Å². The Kier molecular flexibility index (Phi) is 9.35. The molecule has 0 amide bonds. The Morgan fingerprint density at radius 3 is 1.78 bits per heavy atom. The lowest BCUT2D eigenvalue weighted by Crippen LogP contribution is -2.14. The van der Waals surface area contributed by atoms with Crippen molar-refractivity contribution in [2.45, 2.75) is 130 Å². The first kappa shape index (κ1) is 32.5. The van der Waals surface area contributed by atoms with Gasteiger partial charge in [0.15, 0.2) is 0 Å². The molecule has 6 aromatic rings. The summed E-state index contributed by atoms with van der Waals surface area (Å²) < 4.78 is 12.7. The van der Waals surface area contributed by atoms with Crippen molar-refractivity contribution in [2.75, 3.05) is 0 Å². The Hall–Kier alpha value is -2.48. The molecule has 2 aromatic carbocycles. The van der Waals surface area contributed by atoms with Crippen LogP contribution in [0, 0.1) is 0 Å². The topological polar surface area (TPSA) is 51.6 Å². The molecule has 0 atom stereocenters. The van der Waals surface area contributed by atoms with E-state index in [1.54, 1.807) is 11.1 Å². The van der Waals surface area contributed by atoms with Crippen LogP contribution in [0.1, 0.15) is 128 Å². The zero-order valence-corrected chi connectivity index (χ0v) is 30.8. The van der Waals surface area contributed by atoms with E-state index < -0.39 is 0 Å². The van der Waals surface area contributed by atoms with E-state index in [1.807, 2.05) is 35.1 Å². The molecule has 0 saturated heterocycles. The standard InChI is InChI=1S/C38H48N4S3/c1-9-11-13-15-17-23-24(18-16-14-12-10-2)26-22-28(37(3,4)5)44-36(26)35-25(23)21-27(43-35)29-31-33(40-20-19-39-31)30(38(6,7)8)34-32(29)41-45-42-34/h19-22H,9-18H2,1-8H3. The van der Waals surface area contributed by atoms with Crippen molar-refractivity contribution in [1.82, 2.24) is 18.7 Å². The van der Waals surface area contributed by atoms with E-state index >= 15 is 0 Å². The summed E-state index contributed by atoms with van der Waals surface area (Å²) in [5.41, 5.74) is 9.23. The molecule has 0 fully saturated rings. The minimum atomic E-state index is -0.133. The fraction of sp³-hybridized carbons (Fsp3) is 0.526. The Morgan fingerprint density at radius 2 is 1.18 bits per heavy atom. The highest BCUT2D eigenvalue weighted by Gasteiger charge is 2.29. The zero-order chi connectivity index (χ0) is 31.9. The summed E-state index contributed by atoms with van der Waals surface area (Å²) in [7, 11) is 0. The zero-order valence-electron chi connectivity index (χ0n) is 28.4. The number of unbranched alkanes of at least 4 members (excludes halogenated alkanes) is 6. The van der Waals surface area contributed by atoms with Crippen LogP contribution in [0.15, 0.2) is 24.5 Å². The molecule has 4 aromatic heterocycles. The predicted octanol–water partition coefficient (Wildman–Crippen LogP) is 12.6. The largest absolute Gasteiger partial charge is 0.253 e. The van der Waals surface area contributed by atoms with E-state index in [0.29, 0.717) is 0 Å². The van der Waals surface area contributed by atoms with Crippen molar-refractivity contribution in [3.63, 3.8) is 0 Å². The molecule has 0 aliphatic rings. The number of nitrogens with zero attached hydrogens (tertiary/aromatic N) is 4. The highest BCUT2D eigenvalue weighted by molar-refractivity contribution is 7.29. The van der Waals surface area contributed by atoms with Gasteiger partial charge in [-0.3, -0.25) is 9.97 Å². The highest BCUT2D eigenvalue weighted by atomic mass is 32.1. The van der Waals surface area contributed by atoms with Gasteiger partial charge in [-0.25, -0.2) is 0 Å². The van der Waals surface area contributed by atoms with Crippen LogP contribution in [0.4, 0.5) is 0 Å². The molecule has 7 heteroatoms. The molecule has 0 bridgehead atoms. The lowest BCUT2D eigenvalue weighted by atomic mass is 9.83. The maximum Gasteiger partial charge on any atom is 0.116 e. The van der Waals surface area contributed by atoms with Crippen LogP contribution in [-0.4, -0.2) is 18.7 Å². The maximum absolute atomic E-state index is 4.98. The van der Waals surface area contributed by atoms with Gasteiger partial charge >= 0.3 is 0 Å². The lowest BCUT2D eigenvalue weighted by molar-refractivity contribution is 0.599. The number of fused-ring (bicyclic) bond motifs is 5. The fourth-order valence-electron chi connectivity index (χ4n) is 6.80. The predicted molar refractivity (Wildman–Crippen MR) is 200 cm³/mol. The van der Waals surface area contributed by atoms with Gasteiger partial charge in [-0.1, -0.05) is 93.9 Å². The van der Waals surface area contributed by atoms with Gasteiger partial charge in [0.2, 0.25) is 0 Å². The minimum Gasteiger partial charge on any atom is -0.253 e. The molecule has 0 saturated carbocycles. The third-order valence-electron chi connectivity index (χ3n) is 9.12. The Morgan fingerprint density at radius 1 is 0.600 bits per heavy atom. The van der Waals surface area contributed by atoms with E-state index in [0.717, 1.165) is 46.0 Å². The van der Waals surface area contributed by atoms with E-state index in [4.69, 9.17) is 18.7 Å². The molecule has 0 radical (unpaired) electrons. The second-order valence-electron chi connectivity index (χ2n) is 14.8. The monoisotopic (exact) mass is 656 g/mol. The van der Waals surface area contributed by atoms with E-state index in [1.165, 1.54) is 93.0 Å². The molecule has 0 N–H and O–H groups in total. The lowest BCUT2D eigenvalue weighted by Gasteiger charge is -2.21. The first-order chi connectivity index (χ1) is 21.5.